The van der Waals surface area contributed by atoms with E-state index in [2.05, 4.69) is 42.5 Å². The highest BCUT2D eigenvalue weighted by Crippen LogP contribution is 2.08. The molecule has 0 radical (unpaired) electrons. The number of hydrogen-bond acceptors (Lipinski definition) is 4. The Kier molecular flexibility index (Phi) is 14.1. The van der Waals surface area contributed by atoms with Gasteiger partial charge in [0.2, 0.25) is 0 Å². The Morgan fingerprint density at radius 1 is 0.464 bits per heavy atom. The van der Waals surface area contributed by atoms with Gasteiger partial charge in [-0.3, -0.25) is 0 Å². The summed E-state index contributed by atoms with van der Waals surface area (Å²) in [6.07, 6.45) is 0. The van der Waals surface area contributed by atoms with Crippen molar-refractivity contribution in [3.05, 3.63) is 70.8 Å². The summed E-state index contributed by atoms with van der Waals surface area (Å²) < 4.78 is 21.3. The molecule has 156 valence electrons. The van der Waals surface area contributed by atoms with E-state index in [1.54, 1.807) is 0 Å². The Morgan fingerprint density at radius 2 is 0.786 bits per heavy atom. The number of ether oxygens (including phenoxy) is 4. The van der Waals surface area contributed by atoms with E-state index in [-0.39, 0.29) is 0 Å². The third kappa shape index (κ3) is 11.2. The molecule has 0 heterocycles. The molecular formula is C24H36O4. The van der Waals surface area contributed by atoms with E-state index in [1.165, 1.54) is 22.3 Å². The standard InChI is InChI=1S/2C12H18O2/c1-3-13-9-11-5-7-12(8-6-11)10-14-4-2;1-3-13-9-11-6-5-7-12(8-11)10-14-4-2/h2*5-8H,3-4,9-10H2,1-2H3. The van der Waals surface area contributed by atoms with E-state index >= 15 is 0 Å². The van der Waals surface area contributed by atoms with Gasteiger partial charge in [0.1, 0.15) is 0 Å². The molecular weight excluding hydrogens is 352 g/mol. The minimum Gasteiger partial charge on any atom is -0.377 e. The minimum atomic E-state index is 0.691. The maximum Gasteiger partial charge on any atom is 0.0716 e. The summed E-state index contributed by atoms with van der Waals surface area (Å²) in [6, 6.07) is 16.7. The normalized spacial score (nSPS) is 10.4. The molecule has 28 heavy (non-hydrogen) atoms. The predicted molar refractivity (Wildman–Crippen MR) is 114 cm³/mol. The van der Waals surface area contributed by atoms with Crippen molar-refractivity contribution in [1.82, 2.24) is 0 Å². The van der Waals surface area contributed by atoms with Gasteiger partial charge in [0.25, 0.3) is 0 Å². The molecule has 0 aliphatic rings. The van der Waals surface area contributed by atoms with E-state index in [0.29, 0.717) is 26.4 Å². The molecule has 0 spiro atoms. The van der Waals surface area contributed by atoms with Gasteiger partial charge in [-0.25, -0.2) is 0 Å². The lowest BCUT2D eigenvalue weighted by atomic mass is 10.1. The number of hydrogen-bond donors (Lipinski definition) is 0. The van der Waals surface area contributed by atoms with Gasteiger partial charge in [0, 0.05) is 26.4 Å². The van der Waals surface area contributed by atoms with Crippen LogP contribution in [-0.2, 0) is 45.4 Å². The Labute approximate surface area is 170 Å². The van der Waals surface area contributed by atoms with E-state index < -0.39 is 0 Å². The van der Waals surface area contributed by atoms with Crippen LogP contribution in [0.1, 0.15) is 49.9 Å². The highest BCUT2D eigenvalue weighted by Gasteiger charge is 1.96. The van der Waals surface area contributed by atoms with Gasteiger partial charge in [-0.2, -0.15) is 0 Å². The second-order valence-electron chi connectivity index (χ2n) is 6.18. The lowest BCUT2D eigenvalue weighted by Gasteiger charge is -2.05. The van der Waals surface area contributed by atoms with Crippen molar-refractivity contribution >= 4 is 0 Å². The number of rotatable bonds is 12. The monoisotopic (exact) mass is 388 g/mol. The largest absolute Gasteiger partial charge is 0.377 e. The van der Waals surface area contributed by atoms with Gasteiger partial charge in [0.15, 0.2) is 0 Å². The molecule has 0 fully saturated rings. The van der Waals surface area contributed by atoms with Gasteiger partial charge in [-0.05, 0) is 49.9 Å². The van der Waals surface area contributed by atoms with Crippen molar-refractivity contribution in [2.24, 2.45) is 0 Å². The quantitative estimate of drug-likeness (QED) is 0.480. The van der Waals surface area contributed by atoms with E-state index in [1.807, 2.05) is 33.8 Å². The van der Waals surface area contributed by atoms with Gasteiger partial charge < -0.3 is 18.9 Å². The Hall–Kier alpha value is -1.72. The third-order valence-electron chi connectivity index (χ3n) is 3.91. The summed E-state index contributed by atoms with van der Waals surface area (Å²) >= 11 is 0. The van der Waals surface area contributed by atoms with Crippen molar-refractivity contribution in [1.29, 1.82) is 0 Å². The summed E-state index contributed by atoms with van der Waals surface area (Å²) in [6.45, 7) is 13.8. The first-order valence-electron chi connectivity index (χ1n) is 10.2. The van der Waals surface area contributed by atoms with Crippen molar-refractivity contribution in [3.63, 3.8) is 0 Å². The van der Waals surface area contributed by atoms with Crippen LogP contribution < -0.4 is 0 Å². The zero-order chi connectivity index (χ0) is 20.5. The maximum absolute atomic E-state index is 5.34. The van der Waals surface area contributed by atoms with Crippen LogP contribution in [0.15, 0.2) is 48.5 Å². The molecule has 4 nitrogen and oxygen atoms in total. The van der Waals surface area contributed by atoms with Crippen LogP contribution in [-0.4, -0.2) is 26.4 Å². The molecule has 0 N–H and O–H groups in total. The van der Waals surface area contributed by atoms with Crippen LogP contribution >= 0.6 is 0 Å². The molecule has 0 aromatic heterocycles. The Balaban J connectivity index is 0.000000280. The van der Waals surface area contributed by atoms with Crippen LogP contribution in [0.2, 0.25) is 0 Å². The zero-order valence-corrected chi connectivity index (χ0v) is 17.9. The second kappa shape index (κ2) is 16.3. The third-order valence-corrected chi connectivity index (χ3v) is 3.91. The lowest BCUT2D eigenvalue weighted by Crippen LogP contribution is -1.95. The SMILES string of the molecule is CCOCc1ccc(COCC)cc1.CCOCc1cccc(COCC)c1. The molecule has 0 aliphatic carbocycles. The first kappa shape index (κ1) is 24.3. The summed E-state index contributed by atoms with van der Waals surface area (Å²) in [5.41, 5.74) is 4.85. The highest BCUT2D eigenvalue weighted by atomic mass is 16.5. The fourth-order valence-electron chi connectivity index (χ4n) is 2.42. The molecule has 4 heteroatoms. The molecule has 2 aromatic rings. The summed E-state index contributed by atoms with van der Waals surface area (Å²) in [5, 5.41) is 0. The molecule has 2 aromatic carbocycles. The first-order chi connectivity index (χ1) is 13.7. The Bertz CT molecular complexity index is 560. The van der Waals surface area contributed by atoms with Crippen LogP contribution in [0.3, 0.4) is 0 Å². The molecule has 0 saturated carbocycles. The van der Waals surface area contributed by atoms with Gasteiger partial charge in [-0.1, -0.05) is 48.5 Å². The number of benzene rings is 2. The zero-order valence-electron chi connectivity index (χ0n) is 17.9. The summed E-state index contributed by atoms with van der Waals surface area (Å²) in [7, 11) is 0. The van der Waals surface area contributed by atoms with Gasteiger partial charge >= 0.3 is 0 Å². The highest BCUT2D eigenvalue weighted by molar-refractivity contribution is 5.22. The van der Waals surface area contributed by atoms with Crippen molar-refractivity contribution < 1.29 is 18.9 Å². The topological polar surface area (TPSA) is 36.9 Å². The molecule has 0 saturated heterocycles. The van der Waals surface area contributed by atoms with Crippen LogP contribution in [0, 0.1) is 0 Å². The molecule has 0 bridgehead atoms. The second-order valence-corrected chi connectivity index (χ2v) is 6.18. The van der Waals surface area contributed by atoms with Crippen molar-refractivity contribution in [2.45, 2.75) is 54.1 Å². The van der Waals surface area contributed by atoms with Crippen molar-refractivity contribution in [2.75, 3.05) is 26.4 Å². The van der Waals surface area contributed by atoms with Crippen LogP contribution in [0.5, 0.6) is 0 Å². The molecule has 0 amide bonds. The first-order valence-corrected chi connectivity index (χ1v) is 10.2. The molecule has 0 aliphatic heterocycles. The predicted octanol–water partition coefficient (Wildman–Crippen LogP) is 5.52. The lowest BCUT2D eigenvalue weighted by molar-refractivity contribution is 0.130. The average Bonchev–Trinajstić information content (AvgIpc) is 2.75. The average molecular weight is 389 g/mol. The Morgan fingerprint density at radius 3 is 1.11 bits per heavy atom. The van der Waals surface area contributed by atoms with E-state index in [9.17, 15) is 0 Å². The van der Waals surface area contributed by atoms with E-state index in [0.717, 1.165) is 26.4 Å². The van der Waals surface area contributed by atoms with Crippen LogP contribution in [0.25, 0.3) is 0 Å². The molecule has 0 atom stereocenters. The minimum absolute atomic E-state index is 0.691. The fourth-order valence-corrected chi connectivity index (χ4v) is 2.42. The maximum atomic E-state index is 5.34. The molecule has 2 rings (SSSR count). The van der Waals surface area contributed by atoms with E-state index in [4.69, 9.17) is 18.9 Å². The smallest absolute Gasteiger partial charge is 0.0716 e. The van der Waals surface area contributed by atoms with Gasteiger partial charge in [-0.15, -0.1) is 0 Å². The van der Waals surface area contributed by atoms with Gasteiger partial charge in [0.05, 0.1) is 26.4 Å². The van der Waals surface area contributed by atoms with Crippen LogP contribution in [0.4, 0.5) is 0 Å². The van der Waals surface area contributed by atoms with Crippen molar-refractivity contribution in [3.8, 4) is 0 Å². The molecule has 0 unspecified atom stereocenters. The summed E-state index contributed by atoms with van der Waals surface area (Å²) in [5.74, 6) is 0. The fraction of sp³-hybridized carbons (Fsp3) is 0.500. The summed E-state index contributed by atoms with van der Waals surface area (Å²) in [4.78, 5) is 0.